The van der Waals surface area contributed by atoms with Gasteiger partial charge in [-0.15, -0.1) is 0 Å². The van der Waals surface area contributed by atoms with Crippen LogP contribution in [0.2, 0.25) is 0 Å². The summed E-state index contributed by atoms with van der Waals surface area (Å²) >= 11 is 1.99. The number of carbonyl (C=O) groups is 1. The molecule has 1 aromatic rings. The zero-order valence-electron chi connectivity index (χ0n) is 14.1. The van der Waals surface area contributed by atoms with E-state index < -0.39 is 0 Å². The van der Waals surface area contributed by atoms with Crippen LogP contribution in [0.25, 0.3) is 0 Å². The summed E-state index contributed by atoms with van der Waals surface area (Å²) in [6.45, 7) is 4.28. The van der Waals surface area contributed by atoms with E-state index in [2.05, 4.69) is 10.2 Å². The monoisotopic (exact) mass is 349 g/mol. The summed E-state index contributed by atoms with van der Waals surface area (Å²) in [6.07, 6.45) is 2.32. The van der Waals surface area contributed by atoms with Crippen LogP contribution in [-0.2, 0) is 16.0 Å². The van der Waals surface area contributed by atoms with Crippen molar-refractivity contribution in [3.63, 3.8) is 0 Å². The molecular weight excluding hydrogens is 322 g/mol. The Kier molecular flexibility index (Phi) is 6.03. The van der Waals surface area contributed by atoms with Crippen LogP contribution in [0.3, 0.4) is 0 Å². The van der Waals surface area contributed by atoms with Gasteiger partial charge in [0, 0.05) is 43.0 Å². The highest BCUT2D eigenvalue weighted by Crippen LogP contribution is 2.33. The largest absolute Gasteiger partial charge is 0.399 e. The minimum Gasteiger partial charge on any atom is -0.399 e. The molecule has 1 unspecified atom stereocenters. The van der Waals surface area contributed by atoms with E-state index in [1.807, 2.05) is 36.0 Å². The van der Waals surface area contributed by atoms with Crippen molar-refractivity contribution in [2.45, 2.75) is 24.8 Å². The summed E-state index contributed by atoms with van der Waals surface area (Å²) < 4.78 is 5.48. The molecule has 24 heavy (non-hydrogen) atoms. The quantitative estimate of drug-likeness (QED) is 0.763. The minimum absolute atomic E-state index is 0.107. The third kappa shape index (κ3) is 4.23. The predicted octanol–water partition coefficient (Wildman–Crippen LogP) is 1.53. The first-order valence-corrected chi connectivity index (χ1v) is 9.86. The molecule has 0 saturated carbocycles. The number of hydrogen-bond donors (Lipinski definition) is 2. The topological polar surface area (TPSA) is 67.6 Å². The third-order valence-corrected chi connectivity index (χ3v) is 6.29. The maximum Gasteiger partial charge on any atom is 0.220 e. The minimum atomic E-state index is 0.107. The molecule has 2 aliphatic heterocycles. The van der Waals surface area contributed by atoms with Gasteiger partial charge in [-0.1, -0.05) is 18.2 Å². The van der Waals surface area contributed by atoms with Gasteiger partial charge >= 0.3 is 0 Å². The van der Waals surface area contributed by atoms with E-state index in [9.17, 15) is 4.79 Å². The van der Waals surface area contributed by atoms with Crippen LogP contribution in [-0.4, -0.2) is 60.7 Å². The standard InChI is InChI=1S/C18H27N3O2S/c19-16-4-2-1-3-15(16)5-6-17(22)20-13-18(7-12-24-14-18)21-8-10-23-11-9-21/h1-4H,5-14,19H2,(H,20,22). The SMILES string of the molecule is Nc1ccccc1CCC(=O)NCC1(N2CCOCC2)CCSC1. The van der Waals surface area contributed by atoms with Gasteiger partial charge in [0.1, 0.15) is 0 Å². The molecule has 3 N–H and O–H groups in total. The van der Waals surface area contributed by atoms with E-state index in [1.165, 1.54) is 5.75 Å². The third-order valence-electron chi connectivity index (χ3n) is 5.06. The first-order chi connectivity index (χ1) is 11.7. The van der Waals surface area contributed by atoms with Crippen molar-refractivity contribution in [2.75, 3.05) is 50.1 Å². The molecule has 132 valence electrons. The number of para-hydroxylation sites is 1. The van der Waals surface area contributed by atoms with E-state index in [4.69, 9.17) is 10.5 Å². The Bertz CT molecular complexity index is 555. The number of nitrogens with one attached hydrogen (secondary N) is 1. The Labute approximate surface area is 148 Å². The molecule has 1 amide bonds. The van der Waals surface area contributed by atoms with Crippen molar-refractivity contribution >= 4 is 23.4 Å². The van der Waals surface area contributed by atoms with Crippen LogP contribution in [0.1, 0.15) is 18.4 Å². The molecule has 0 spiro atoms. The van der Waals surface area contributed by atoms with Gasteiger partial charge in [0.15, 0.2) is 0 Å². The Hall–Kier alpha value is -1.24. The summed E-state index contributed by atoms with van der Waals surface area (Å²) in [5.41, 5.74) is 7.87. The van der Waals surface area contributed by atoms with Gasteiger partial charge in [0.2, 0.25) is 5.91 Å². The van der Waals surface area contributed by atoms with Crippen molar-refractivity contribution in [3.8, 4) is 0 Å². The second-order valence-electron chi connectivity index (χ2n) is 6.60. The fourth-order valence-corrected chi connectivity index (χ4v) is 4.97. The molecule has 1 aromatic carbocycles. The maximum absolute atomic E-state index is 12.3. The highest BCUT2D eigenvalue weighted by Gasteiger charge is 2.40. The van der Waals surface area contributed by atoms with Gasteiger partial charge in [0.05, 0.1) is 13.2 Å². The number of aryl methyl sites for hydroxylation is 1. The molecule has 2 saturated heterocycles. The van der Waals surface area contributed by atoms with Crippen LogP contribution >= 0.6 is 11.8 Å². The molecule has 0 aliphatic carbocycles. The molecule has 5 nitrogen and oxygen atoms in total. The fraction of sp³-hybridized carbons (Fsp3) is 0.611. The number of nitrogen functional groups attached to an aromatic ring is 1. The van der Waals surface area contributed by atoms with E-state index in [0.29, 0.717) is 12.8 Å². The van der Waals surface area contributed by atoms with E-state index in [-0.39, 0.29) is 11.4 Å². The van der Waals surface area contributed by atoms with E-state index in [1.54, 1.807) is 0 Å². The van der Waals surface area contributed by atoms with Gasteiger partial charge < -0.3 is 15.8 Å². The molecule has 0 radical (unpaired) electrons. The van der Waals surface area contributed by atoms with Gasteiger partial charge in [-0.3, -0.25) is 9.69 Å². The summed E-state index contributed by atoms with van der Waals surface area (Å²) in [6, 6.07) is 7.76. The molecule has 1 atom stereocenters. The number of thioether (sulfide) groups is 1. The Morgan fingerprint density at radius 1 is 1.33 bits per heavy atom. The zero-order chi connectivity index (χ0) is 16.8. The molecule has 3 rings (SSSR count). The summed E-state index contributed by atoms with van der Waals surface area (Å²) in [4.78, 5) is 14.8. The number of morpholine rings is 1. The number of ether oxygens (including phenoxy) is 1. The molecular formula is C18H27N3O2S. The van der Waals surface area contributed by atoms with Crippen LogP contribution in [0.4, 0.5) is 5.69 Å². The molecule has 2 aliphatic rings. The van der Waals surface area contributed by atoms with Crippen molar-refractivity contribution in [1.29, 1.82) is 0 Å². The van der Waals surface area contributed by atoms with Crippen molar-refractivity contribution in [2.24, 2.45) is 0 Å². The molecule has 0 bridgehead atoms. The summed E-state index contributed by atoms with van der Waals surface area (Å²) in [5.74, 6) is 2.38. The Morgan fingerprint density at radius 3 is 2.83 bits per heavy atom. The van der Waals surface area contributed by atoms with Crippen LogP contribution in [0.5, 0.6) is 0 Å². The second-order valence-corrected chi connectivity index (χ2v) is 7.71. The van der Waals surface area contributed by atoms with Gasteiger partial charge in [0.25, 0.3) is 0 Å². The molecule has 2 heterocycles. The highest BCUT2D eigenvalue weighted by molar-refractivity contribution is 7.99. The Morgan fingerprint density at radius 2 is 2.12 bits per heavy atom. The number of benzene rings is 1. The zero-order valence-corrected chi connectivity index (χ0v) is 14.9. The lowest BCUT2D eigenvalue weighted by Crippen LogP contribution is -2.59. The second kappa shape index (κ2) is 8.23. The van der Waals surface area contributed by atoms with Crippen molar-refractivity contribution in [3.05, 3.63) is 29.8 Å². The van der Waals surface area contributed by atoms with Crippen molar-refractivity contribution in [1.82, 2.24) is 10.2 Å². The van der Waals surface area contributed by atoms with E-state index >= 15 is 0 Å². The van der Waals surface area contributed by atoms with Crippen LogP contribution in [0.15, 0.2) is 24.3 Å². The average Bonchev–Trinajstić information content (AvgIpc) is 3.10. The van der Waals surface area contributed by atoms with Gasteiger partial charge in [-0.05, 0) is 30.2 Å². The molecule has 6 heteroatoms. The number of nitrogens with two attached hydrogens (primary N) is 1. The van der Waals surface area contributed by atoms with Crippen molar-refractivity contribution < 1.29 is 9.53 Å². The number of carbonyl (C=O) groups excluding carboxylic acids is 1. The predicted molar refractivity (Wildman–Crippen MR) is 99.3 cm³/mol. The fourth-order valence-electron chi connectivity index (χ4n) is 3.50. The number of anilines is 1. The van der Waals surface area contributed by atoms with Crippen LogP contribution in [0, 0.1) is 0 Å². The lowest BCUT2D eigenvalue weighted by atomic mass is 9.95. The van der Waals surface area contributed by atoms with Gasteiger partial charge in [-0.25, -0.2) is 0 Å². The first-order valence-electron chi connectivity index (χ1n) is 8.70. The summed E-state index contributed by atoms with van der Waals surface area (Å²) in [5, 5.41) is 3.18. The average molecular weight is 350 g/mol. The van der Waals surface area contributed by atoms with Crippen LogP contribution < -0.4 is 11.1 Å². The lowest BCUT2D eigenvalue weighted by Gasteiger charge is -2.43. The normalized spacial score (nSPS) is 24.8. The number of nitrogens with zero attached hydrogens (tertiary/aromatic N) is 1. The number of amides is 1. The highest BCUT2D eigenvalue weighted by atomic mass is 32.2. The van der Waals surface area contributed by atoms with Gasteiger partial charge in [-0.2, -0.15) is 11.8 Å². The summed E-state index contributed by atoms with van der Waals surface area (Å²) in [7, 11) is 0. The number of hydrogen-bond acceptors (Lipinski definition) is 5. The van der Waals surface area contributed by atoms with E-state index in [0.717, 1.165) is 56.3 Å². The first kappa shape index (κ1) is 17.6. The number of rotatable bonds is 6. The molecule has 2 fully saturated rings. The lowest BCUT2D eigenvalue weighted by molar-refractivity contribution is -0.121. The molecule has 0 aromatic heterocycles. The Balaban J connectivity index is 1.51. The smallest absolute Gasteiger partial charge is 0.220 e. The maximum atomic E-state index is 12.3.